The van der Waals surface area contributed by atoms with Gasteiger partial charge in [-0.25, -0.2) is 13.2 Å². The number of amides is 1. The molecule has 0 saturated carbocycles. The molecule has 1 aromatic rings. The average Bonchev–Trinajstić information content (AvgIpc) is 2.93. The van der Waals surface area contributed by atoms with E-state index in [1.807, 2.05) is 0 Å². The molecule has 0 aliphatic carbocycles. The zero-order valence-electron chi connectivity index (χ0n) is 15.0. The van der Waals surface area contributed by atoms with E-state index in [1.54, 1.807) is 13.0 Å². The molecule has 0 aromatic heterocycles. The van der Waals surface area contributed by atoms with Crippen molar-refractivity contribution in [2.45, 2.75) is 32.4 Å². The monoisotopic (exact) mass is 385 g/mol. The molecule has 1 heterocycles. The van der Waals surface area contributed by atoms with Gasteiger partial charge in [0.1, 0.15) is 0 Å². The molecule has 2 rings (SSSR count). The lowest BCUT2D eigenvalue weighted by Crippen LogP contribution is -2.42. The summed E-state index contributed by atoms with van der Waals surface area (Å²) in [6.07, 6.45) is -0.686. The molecule has 0 bridgehead atoms. The summed E-state index contributed by atoms with van der Waals surface area (Å²) in [6, 6.07) is 4.13. The van der Waals surface area contributed by atoms with Crippen LogP contribution in [-0.2, 0) is 19.4 Å². The molecule has 0 unspecified atom stereocenters. The fourth-order valence-electron chi connectivity index (χ4n) is 2.58. The first-order chi connectivity index (χ1) is 12.3. The van der Waals surface area contributed by atoms with Crippen molar-refractivity contribution in [1.29, 1.82) is 0 Å². The van der Waals surface area contributed by atoms with Crippen LogP contribution in [0.5, 0.6) is 11.5 Å². The van der Waals surface area contributed by atoms with E-state index >= 15 is 0 Å². The Balaban J connectivity index is 1.98. The molecular formula is C17H23NO7S. The van der Waals surface area contributed by atoms with Crippen molar-refractivity contribution >= 4 is 21.7 Å². The zero-order chi connectivity index (χ0) is 19.3. The molecule has 1 fully saturated rings. The third-order valence-corrected chi connectivity index (χ3v) is 5.70. The molecule has 2 atom stereocenters. The van der Waals surface area contributed by atoms with Crippen molar-refractivity contribution < 1.29 is 32.2 Å². The minimum Gasteiger partial charge on any atom is -0.493 e. The summed E-state index contributed by atoms with van der Waals surface area (Å²) in [4.78, 5) is 24.4. The van der Waals surface area contributed by atoms with Crippen LogP contribution in [0.15, 0.2) is 18.2 Å². The van der Waals surface area contributed by atoms with E-state index in [9.17, 15) is 18.0 Å². The van der Waals surface area contributed by atoms with Gasteiger partial charge in [-0.15, -0.1) is 0 Å². The lowest BCUT2D eigenvalue weighted by Gasteiger charge is -2.17. The molecule has 1 amide bonds. The number of nitrogens with one attached hydrogen (secondary N) is 1. The molecule has 144 valence electrons. The largest absolute Gasteiger partial charge is 0.493 e. The fourth-order valence-corrected chi connectivity index (χ4v) is 4.25. The van der Waals surface area contributed by atoms with Gasteiger partial charge in [-0.3, -0.25) is 4.79 Å². The van der Waals surface area contributed by atoms with E-state index in [4.69, 9.17) is 14.2 Å². The first-order valence-corrected chi connectivity index (χ1v) is 10.1. The highest BCUT2D eigenvalue weighted by atomic mass is 32.2. The van der Waals surface area contributed by atoms with Gasteiger partial charge in [0.15, 0.2) is 27.4 Å². The molecule has 1 N–H and O–H groups in total. The van der Waals surface area contributed by atoms with E-state index < -0.39 is 33.9 Å². The van der Waals surface area contributed by atoms with Gasteiger partial charge in [0.05, 0.1) is 30.8 Å². The van der Waals surface area contributed by atoms with Crippen LogP contribution in [0.2, 0.25) is 0 Å². The Morgan fingerprint density at radius 1 is 1.31 bits per heavy atom. The highest BCUT2D eigenvalue weighted by Crippen LogP contribution is 2.28. The lowest BCUT2D eigenvalue weighted by atomic mass is 10.2. The van der Waals surface area contributed by atoms with Crippen LogP contribution >= 0.6 is 0 Å². The van der Waals surface area contributed by atoms with Gasteiger partial charge in [-0.05, 0) is 38.5 Å². The van der Waals surface area contributed by atoms with Crippen molar-refractivity contribution in [1.82, 2.24) is 5.32 Å². The van der Waals surface area contributed by atoms with E-state index in [-0.39, 0.29) is 17.1 Å². The summed E-state index contributed by atoms with van der Waals surface area (Å²) in [5.74, 6) is -0.364. The summed E-state index contributed by atoms with van der Waals surface area (Å²) in [7, 11) is -1.61. The minimum atomic E-state index is -3.10. The van der Waals surface area contributed by atoms with Crippen molar-refractivity contribution in [3.63, 3.8) is 0 Å². The number of esters is 1. The summed E-state index contributed by atoms with van der Waals surface area (Å²) in [5.41, 5.74) is 0.220. The number of methoxy groups -OCH3 is 1. The van der Waals surface area contributed by atoms with Gasteiger partial charge in [-0.1, -0.05) is 0 Å². The fraction of sp³-hybridized carbons (Fsp3) is 0.529. The first kappa shape index (κ1) is 20.0. The first-order valence-electron chi connectivity index (χ1n) is 8.28. The Bertz CT molecular complexity index is 775. The highest BCUT2D eigenvalue weighted by Gasteiger charge is 2.30. The van der Waals surface area contributed by atoms with Crippen LogP contribution in [0.3, 0.4) is 0 Å². The van der Waals surface area contributed by atoms with Crippen LogP contribution in [0.1, 0.15) is 30.6 Å². The molecule has 1 aliphatic heterocycles. The maximum Gasteiger partial charge on any atom is 0.339 e. The van der Waals surface area contributed by atoms with Crippen LogP contribution in [0.4, 0.5) is 0 Å². The van der Waals surface area contributed by atoms with E-state index in [0.717, 1.165) is 0 Å². The molecule has 1 aliphatic rings. The second kappa shape index (κ2) is 8.39. The summed E-state index contributed by atoms with van der Waals surface area (Å²) in [6.45, 7) is 3.64. The van der Waals surface area contributed by atoms with Crippen molar-refractivity contribution in [3.8, 4) is 11.5 Å². The topological polar surface area (TPSA) is 108 Å². The Hall–Kier alpha value is -2.29. The van der Waals surface area contributed by atoms with Gasteiger partial charge < -0.3 is 19.5 Å². The van der Waals surface area contributed by atoms with Gasteiger partial charge >= 0.3 is 5.97 Å². The van der Waals surface area contributed by atoms with Crippen molar-refractivity contribution in [2.75, 3.05) is 25.2 Å². The number of carbonyl (C=O) groups excluding carboxylic acids is 2. The predicted octanol–water partition coefficient (Wildman–Crippen LogP) is 0.943. The molecule has 1 aromatic carbocycles. The van der Waals surface area contributed by atoms with E-state index in [1.165, 1.54) is 26.2 Å². The minimum absolute atomic E-state index is 0.0537. The van der Waals surface area contributed by atoms with Crippen LogP contribution in [0.25, 0.3) is 0 Å². The third-order valence-electron chi connectivity index (χ3n) is 3.93. The van der Waals surface area contributed by atoms with Gasteiger partial charge in [0, 0.05) is 6.04 Å². The molecule has 9 heteroatoms. The number of hydrogen-bond donors (Lipinski definition) is 1. The maximum atomic E-state index is 12.3. The van der Waals surface area contributed by atoms with E-state index in [0.29, 0.717) is 24.5 Å². The Morgan fingerprint density at radius 3 is 2.62 bits per heavy atom. The number of benzene rings is 1. The molecule has 0 radical (unpaired) electrons. The Labute approximate surface area is 152 Å². The number of ether oxygens (including phenoxy) is 3. The second-order valence-corrected chi connectivity index (χ2v) is 8.18. The van der Waals surface area contributed by atoms with E-state index in [2.05, 4.69) is 5.32 Å². The van der Waals surface area contributed by atoms with Crippen LogP contribution < -0.4 is 14.8 Å². The molecule has 0 spiro atoms. The number of sulfone groups is 1. The third kappa shape index (κ3) is 5.10. The Kier molecular flexibility index (Phi) is 6.47. The number of carbonyl (C=O) groups is 2. The molecular weight excluding hydrogens is 362 g/mol. The smallest absolute Gasteiger partial charge is 0.339 e. The van der Waals surface area contributed by atoms with Crippen molar-refractivity contribution in [3.05, 3.63) is 23.8 Å². The molecule has 8 nitrogen and oxygen atoms in total. The highest BCUT2D eigenvalue weighted by molar-refractivity contribution is 7.91. The summed E-state index contributed by atoms with van der Waals surface area (Å²) >= 11 is 0. The predicted molar refractivity (Wildman–Crippen MR) is 94.2 cm³/mol. The standard InChI is InChI=1S/C17H23NO7S/c1-4-24-15-9-12(5-6-14(15)23-3)17(20)25-11(2)16(19)18-13-7-8-26(21,22)10-13/h5-6,9,11,13H,4,7-8,10H2,1-3H3,(H,18,19)/t11-,13-/m0/s1. The number of rotatable bonds is 7. The average molecular weight is 385 g/mol. The second-order valence-electron chi connectivity index (χ2n) is 5.95. The summed E-state index contributed by atoms with van der Waals surface area (Å²) in [5, 5.41) is 2.60. The quantitative estimate of drug-likeness (QED) is 0.696. The maximum absolute atomic E-state index is 12.3. The SMILES string of the molecule is CCOc1cc(C(=O)O[C@@H](C)C(=O)N[C@H]2CCS(=O)(=O)C2)ccc1OC. The van der Waals surface area contributed by atoms with Gasteiger partial charge in [-0.2, -0.15) is 0 Å². The zero-order valence-corrected chi connectivity index (χ0v) is 15.8. The molecule has 1 saturated heterocycles. The number of hydrogen-bond acceptors (Lipinski definition) is 7. The van der Waals surface area contributed by atoms with Crippen molar-refractivity contribution in [2.24, 2.45) is 0 Å². The Morgan fingerprint density at radius 2 is 2.04 bits per heavy atom. The van der Waals surface area contributed by atoms with Crippen LogP contribution in [0, 0.1) is 0 Å². The van der Waals surface area contributed by atoms with Gasteiger partial charge in [0.2, 0.25) is 0 Å². The normalized spacial score (nSPS) is 19.4. The summed E-state index contributed by atoms with van der Waals surface area (Å²) < 4.78 is 38.6. The molecule has 26 heavy (non-hydrogen) atoms. The van der Waals surface area contributed by atoms with Crippen LogP contribution in [-0.4, -0.2) is 57.7 Å². The van der Waals surface area contributed by atoms with Gasteiger partial charge in [0.25, 0.3) is 5.91 Å². The lowest BCUT2D eigenvalue weighted by molar-refractivity contribution is -0.129.